The number of alkyl halides is 3. The van der Waals surface area contributed by atoms with Gasteiger partial charge < -0.3 is 10.3 Å². The van der Waals surface area contributed by atoms with E-state index in [4.69, 9.17) is 0 Å². The fourth-order valence-electron chi connectivity index (χ4n) is 1.68. The Bertz CT molecular complexity index is 522. The van der Waals surface area contributed by atoms with Gasteiger partial charge in [0, 0.05) is 12.4 Å². The lowest BCUT2D eigenvalue weighted by Crippen LogP contribution is -2.14. The second-order valence-corrected chi connectivity index (χ2v) is 3.99. The van der Waals surface area contributed by atoms with E-state index in [0.717, 1.165) is 6.07 Å². The van der Waals surface area contributed by atoms with Crippen molar-refractivity contribution in [1.82, 2.24) is 15.0 Å². The van der Waals surface area contributed by atoms with Gasteiger partial charge >= 0.3 is 6.18 Å². The van der Waals surface area contributed by atoms with Gasteiger partial charge in [-0.05, 0) is 18.6 Å². The van der Waals surface area contributed by atoms with Crippen molar-refractivity contribution in [2.45, 2.75) is 25.6 Å². The topological polar surface area (TPSA) is 53.6 Å². The standard InChI is InChI=1S/C12H13F3N4/c1-2-8(11-16-6-7-17-11)18-10-5-3-4-9(19-10)12(13,14)15/h3-8H,2H2,1H3,(H,16,17)(H,18,19). The second-order valence-electron chi connectivity index (χ2n) is 3.99. The molecular weight excluding hydrogens is 257 g/mol. The molecule has 1 unspecified atom stereocenters. The maximum absolute atomic E-state index is 12.6. The van der Waals surface area contributed by atoms with Gasteiger partial charge in [0.1, 0.15) is 17.3 Å². The molecular formula is C12H13F3N4. The summed E-state index contributed by atoms with van der Waals surface area (Å²) in [6.07, 6.45) is -0.506. The van der Waals surface area contributed by atoms with Gasteiger partial charge in [-0.3, -0.25) is 0 Å². The van der Waals surface area contributed by atoms with Gasteiger partial charge in [-0.2, -0.15) is 13.2 Å². The minimum atomic E-state index is -4.44. The summed E-state index contributed by atoms with van der Waals surface area (Å²) in [7, 11) is 0. The molecule has 2 aromatic heterocycles. The average Bonchev–Trinajstić information content (AvgIpc) is 2.89. The number of pyridine rings is 1. The highest BCUT2D eigenvalue weighted by Gasteiger charge is 2.32. The van der Waals surface area contributed by atoms with Crippen molar-refractivity contribution in [3.8, 4) is 0 Å². The molecule has 2 N–H and O–H groups in total. The lowest BCUT2D eigenvalue weighted by atomic mass is 10.2. The highest BCUT2D eigenvalue weighted by atomic mass is 19.4. The number of hydrogen-bond donors (Lipinski definition) is 2. The van der Waals surface area contributed by atoms with Crippen molar-refractivity contribution >= 4 is 5.82 Å². The van der Waals surface area contributed by atoms with E-state index in [0.29, 0.717) is 12.2 Å². The first-order valence-electron chi connectivity index (χ1n) is 5.80. The van der Waals surface area contributed by atoms with Crippen LogP contribution in [0.15, 0.2) is 30.6 Å². The average molecular weight is 270 g/mol. The number of hydrogen-bond acceptors (Lipinski definition) is 3. The molecule has 2 aromatic rings. The third-order valence-electron chi connectivity index (χ3n) is 2.62. The van der Waals surface area contributed by atoms with Gasteiger partial charge in [0.05, 0.1) is 6.04 Å². The van der Waals surface area contributed by atoms with E-state index >= 15 is 0 Å². The summed E-state index contributed by atoms with van der Waals surface area (Å²) in [6.45, 7) is 1.91. The molecule has 2 heterocycles. The molecule has 0 aliphatic rings. The molecule has 0 amide bonds. The Morgan fingerprint density at radius 2 is 2.16 bits per heavy atom. The van der Waals surface area contributed by atoms with Crippen LogP contribution in [0.3, 0.4) is 0 Å². The molecule has 0 fully saturated rings. The molecule has 0 bridgehead atoms. The molecule has 0 aromatic carbocycles. The lowest BCUT2D eigenvalue weighted by Gasteiger charge is -2.16. The van der Waals surface area contributed by atoms with Gasteiger partial charge in [-0.1, -0.05) is 13.0 Å². The number of nitrogens with zero attached hydrogens (tertiary/aromatic N) is 2. The first-order chi connectivity index (χ1) is 9.00. The summed E-state index contributed by atoms with van der Waals surface area (Å²) >= 11 is 0. The summed E-state index contributed by atoms with van der Waals surface area (Å²) in [5, 5.41) is 2.94. The van der Waals surface area contributed by atoms with Crippen molar-refractivity contribution in [2.24, 2.45) is 0 Å². The van der Waals surface area contributed by atoms with Crippen LogP contribution >= 0.6 is 0 Å². The van der Waals surface area contributed by atoms with Crippen LogP contribution in [0.4, 0.5) is 19.0 Å². The number of nitrogens with one attached hydrogen (secondary N) is 2. The highest BCUT2D eigenvalue weighted by Crippen LogP contribution is 2.29. The first kappa shape index (κ1) is 13.4. The zero-order valence-corrected chi connectivity index (χ0v) is 10.2. The number of aromatic amines is 1. The zero-order chi connectivity index (χ0) is 13.9. The van der Waals surface area contributed by atoms with Gasteiger partial charge in [-0.15, -0.1) is 0 Å². The molecule has 4 nitrogen and oxygen atoms in total. The summed E-state index contributed by atoms with van der Waals surface area (Å²) < 4.78 is 37.7. The van der Waals surface area contributed by atoms with Crippen molar-refractivity contribution in [1.29, 1.82) is 0 Å². The monoisotopic (exact) mass is 270 g/mol. The van der Waals surface area contributed by atoms with Crippen molar-refractivity contribution in [3.05, 3.63) is 42.1 Å². The number of aromatic nitrogens is 3. The third-order valence-corrected chi connectivity index (χ3v) is 2.62. The van der Waals surface area contributed by atoms with Crippen LogP contribution in [0, 0.1) is 0 Å². The Labute approximate surface area is 108 Å². The SMILES string of the molecule is CCC(Nc1cccc(C(F)(F)F)n1)c1ncc[nH]1. The summed E-state index contributed by atoms with van der Waals surface area (Å²) in [5.74, 6) is 0.847. The smallest absolute Gasteiger partial charge is 0.360 e. The second kappa shape index (κ2) is 5.29. The molecule has 0 saturated heterocycles. The fraction of sp³-hybridized carbons (Fsp3) is 0.333. The summed E-state index contributed by atoms with van der Waals surface area (Å²) in [4.78, 5) is 10.6. The van der Waals surface area contributed by atoms with Crippen LogP contribution in [0.5, 0.6) is 0 Å². The number of halogens is 3. The Hall–Kier alpha value is -2.05. The van der Waals surface area contributed by atoms with Crippen LogP contribution in [0.1, 0.15) is 30.9 Å². The quantitative estimate of drug-likeness (QED) is 0.895. The van der Waals surface area contributed by atoms with Crippen molar-refractivity contribution in [3.63, 3.8) is 0 Å². The molecule has 0 spiro atoms. The predicted molar refractivity (Wildman–Crippen MR) is 64.5 cm³/mol. The maximum Gasteiger partial charge on any atom is 0.433 e. The van der Waals surface area contributed by atoms with Gasteiger partial charge in [0.2, 0.25) is 0 Å². The summed E-state index contributed by atoms with van der Waals surface area (Å²) in [5.41, 5.74) is -0.910. The Morgan fingerprint density at radius 3 is 2.74 bits per heavy atom. The van der Waals surface area contributed by atoms with E-state index in [-0.39, 0.29) is 11.9 Å². The minimum absolute atomic E-state index is 0.179. The molecule has 102 valence electrons. The lowest BCUT2D eigenvalue weighted by molar-refractivity contribution is -0.141. The molecule has 0 radical (unpaired) electrons. The van der Waals surface area contributed by atoms with Crippen molar-refractivity contribution < 1.29 is 13.2 Å². The van der Waals surface area contributed by atoms with Crippen LogP contribution in [0.2, 0.25) is 0 Å². The maximum atomic E-state index is 12.6. The van der Waals surface area contributed by atoms with Crippen LogP contribution < -0.4 is 5.32 Å². The number of H-pyrrole nitrogens is 1. The molecule has 7 heteroatoms. The molecule has 0 saturated carbocycles. The fourth-order valence-corrected chi connectivity index (χ4v) is 1.68. The Balaban J connectivity index is 2.19. The van der Waals surface area contributed by atoms with Crippen LogP contribution in [-0.4, -0.2) is 15.0 Å². The normalized spacial score (nSPS) is 13.3. The summed E-state index contributed by atoms with van der Waals surface area (Å²) in [6, 6.07) is 3.57. The van der Waals surface area contributed by atoms with Crippen LogP contribution in [0.25, 0.3) is 0 Å². The van der Waals surface area contributed by atoms with Gasteiger partial charge in [-0.25, -0.2) is 9.97 Å². The zero-order valence-electron chi connectivity index (χ0n) is 10.2. The van der Waals surface area contributed by atoms with E-state index < -0.39 is 11.9 Å². The first-order valence-corrected chi connectivity index (χ1v) is 5.80. The van der Waals surface area contributed by atoms with Crippen molar-refractivity contribution in [2.75, 3.05) is 5.32 Å². The molecule has 0 aliphatic heterocycles. The number of anilines is 1. The van der Waals surface area contributed by atoms with E-state index in [2.05, 4.69) is 20.3 Å². The van der Waals surface area contributed by atoms with Crippen LogP contribution in [-0.2, 0) is 6.18 Å². The Morgan fingerprint density at radius 1 is 1.37 bits per heavy atom. The largest absolute Gasteiger partial charge is 0.433 e. The molecule has 0 aliphatic carbocycles. The third kappa shape index (κ3) is 3.24. The van der Waals surface area contributed by atoms with E-state index in [1.807, 2.05) is 6.92 Å². The van der Waals surface area contributed by atoms with E-state index in [9.17, 15) is 13.2 Å². The van der Waals surface area contributed by atoms with Gasteiger partial charge in [0.15, 0.2) is 0 Å². The van der Waals surface area contributed by atoms with Gasteiger partial charge in [0.25, 0.3) is 0 Å². The number of imidazole rings is 1. The molecule has 1 atom stereocenters. The minimum Gasteiger partial charge on any atom is -0.360 e. The van der Waals surface area contributed by atoms with E-state index in [1.165, 1.54) is 12.1 Å². The number of rotatable bonds is 4. The Kier molecular flexibility index (Phi) is 3.73. The highest BCUT2D eigenvalue weighted by molar-refractivity contribution is 5.37. The molecule has 19 heavy (non-hydrogen) atoms. The van der Waals surface area contributed by atoms with E-state index in [1.54, 1.807) is 12.4 Å². The predicted octanol–water partition coefficient (Wildman–Crippen LogP) is 3.39. The molecule has 2 rings (SSSR count).